The van der Waals surface area contributed by atoms with Crippen LogP contribution in [0.15, 0.2) is 118 Å². The molecule has 0 fully saturated rings. The second kappa shape index (κ2) is 9.91. The number of benzene rings is 4. The molecule has 0 spiro atoms. The van der Waals surface area contributed by atoms with Gasteiger partial charge in [0.2, 0.25) is 5.82 Å². The fourth-order valence-corrected chi connectivity index (χ4v) is 5.13. The molecule has 0 aliphatic rings. The summed E-state index contributed by atoms with van der Waals surface area (Å²) in [7, 11) is 1.60. The lowest BCUT2D eigenvalue weighted by Crippen LogP contribution is -2.20. The Morgan fingerprint density at radius 1 is 0.927 bits per heavy atom. The molecule has 0 saturated carbocycles. The average Bonchev–Trinajstić information content (AvgIpc) is 3.59. The molecular weight excluding hydrogens is 519 g/mol. The fraction of sp³-hybridized carbons (Fsp3) is 0.0606. The molecule has 8 heteroatoms. The molecule has 0 radical (unpaired) electrons. The summed E-state index contributed by atoms with van der Waals surface area (Å²) >= 11 is 0. The first-order chi connectivity index (χ1) is 20.1. The van der Waals surface area contributed by atoms with E-state index in [2.05, 4.69) is 9.67 Å². The first kappa shape index (κ1) is 24.5. The molecule has 0 atom stereocenters. The fourth-order valence-electron chi connectivity index (χ4n) is 5.13. The third-order valence-electron chi connectivity index (χ3n) is 7.11. The molecule has 0 saturated heterocycles. The van der Waals surface area contributed by atoms with Crippen LogP contribution in [0.25, 0.3) is 44.4 Å². The number of hydrogen-bond acceptors (Lipinski definition) is 5. The number of fused-ring (bicyclic) bond motifs is 3. The Labute approximate surface area is 233 Å². The highest BCUT2D eigenvalue weighted by atomic mass is 19.1. The standard InChI is InChI=1S/C33H23FN4O3/c1-40-29-11-6-12-30-26(29)17-31(41-30)32-36-27-9-4-2-8-25(27)33(39)38(32)35-18-22-20-37(28-10-5-3-7-24(22)28)19-21-13-15-23(34)16-14-21/h2-18,20H,19H2,1H3. The quantitative estimate of drug-likeness (QED) is 0.216. The van der Waals surface area contributed by atoms with Crippen molar-refractivity contribution < 1.29 is 13.5 Å². The van der Waals surface area contributed by atoms with E-state index in [0.29, 0.717) is 34.5 Å². The van der Waals surface area contributed by atoms with Crippen molar-refractivity contribution >= 4 is 39.0 Å². The Hall–Kier alpha value is -5.50. The number of para-hydroxylation sites is 2. The van der Waals surface area contributed by atoms with E-state index in [1.807, 2.05) is 60.8 Å². The second-order valence-electron chi connectivity index (χ2n) is 9.65. The molecule has 3 aromatic heterocycles. The third-order valence-corrected chi connectivity index (χ3v) is 7.11. The summed E-state index contributed by atoms with van der Waals surface area (Å²) in [5.41, 5.74) is 3.62. The number of nitrogens with zero attached hydrogens (tertiary/aromatic N) is 4. The number of methoxy groups -OCH3 is 1. The molecule has 7 aromatic rings. The molecule has 0 bridgehead atoms. The first-order valence-electron chi connectivity index (χ1n) is 13.0. The SMILES string of the molecule is COc1cccc2oc(-c3nc4ccccc4c(=O)n3N=Cc3cn(Cc4ccc(F)cc4)c4ccccc34)cc12. The van der Waals surface area contributed by atoms with Gasteiger partial charge in [0.15, 0.2) is 5.76 Å². The van der Waals surface area contributed by atoms with Crippen molar-refractivity contribution in [2.24, 2.45) is 5.10 Å². The smallest absolute Gasteiger partial charge is 0.282 e. The maximum Gasteiger partial charge on any atom is 0.282 e. The third kappa shape index (κ3) is 4.35. The predicted molar refractivity (Wildman–Crippen MR) is 158 cm³/mol. The molecule has 200 valence electrons. The van der Waals surface area contributed by atoms with Crippen LogP contribution in [0.4, 0.5) is 4.39 Å². The zero-order valence-electron chi connectivity index (χ0n) is 22.0. The van der Waals surface area contributed by atoms with Gasteiger partial charge in [-0.15, -0.1) is 0 Å². The van der Waals surface area contributed by atoms with E-state index in [1.165, 1.54) is 16.8 Å². The van der Waals surface area contributed by atoms with Crippen molar-refractivity contribution in [3.8, 4) is 17.3 Å². The van der Waals surface area contributed by atoms with E-state index in [0.717, 1.165) is 27.4 Å². The molecule has 41 heavy (non-hydrogen) atoms. The van der Waals surface area contributed by atoms with Crippen LogP contribution in [0.5, 0.6) is 5.75 Å². The topological polar surface area (TPSA) is 74.6 Å². The van der Waals surface area contributed by atoms with Crippen molar-refractivity contribution in [2.45, 2.75) is 6.54 Å². The van der Waals surface area contributed by atoms with Crippen LogP contribution < -0.4 is 10.3 Å². The molecule has 0 aliphatic carbocycles. The molecule has 7 rings (SSSR count). The van der Waals surface area contributed by atoms with Crippen molar-refractivity contribution in [3.05, 3.63) is 131 Å². The lowest BCUT2D eigenvalue weighted by Gasteiger charge is -2.07. The highest BCUT2D eigenvalue weighted by Gasteiger charge is 2.18. The largest absolute Gasteiger partial charge is 0.496 e. The van der Waals surface area contributed by atoms with E-state index in [9.17, 15) is 9.18 Å². The highest BCUT2D eigenvalue weighted by molar-refractivity contribution is 5.99. The maximum atomic E-state index is 13.7. The van der Waals surface area contributed by atoms with Crippen LogP contribution in [-0.2, 0) is 6.54 Å². The Morgan fingerprint density at radius 2 is 1.71 bits per heavy atom. The van der Waals surface area contributed by atoms with E-state index in [1.54, 1.807) is 43.7 Å². The molecule has 0 N–H and O–H groups in total. The summed E-state index contributed by atoms with van der Waals surface area (Å²) in [4.78, 5) is 18.5. The minimum atomic E-state index is -0.315. The number of aromatic nitrogens is 3. The van der Waals surface area contributed by atoms with E-state index >= 15 is 0 Å². The van der Waals surface area contributed by atoms with E-state index in [-0.39, 0.29) is 17.2 Å². The normalized spacial score (nSPS) is 11.8. The van der Waals surface area contributed by atoms with Crippen LogP contribution in [-0.4, -0.2) is 27.6 Å². The Bertz CT molecular complexity index is 2160. The van der Waals surface area contributed by atoms with E-state index < -0.39 is 0 Å². The van der Waals surface area contributed by atoms with Gasteiger partial charge in [-0.3, -0.25) is 4.79 Å². The van der Waals surface area contributed by atoms with Gasteiger partial charge < -0.3 is 13.7 Å². The van der Waals surface area contributed by atoms with Gasteiger partial charge in [0.25, 0.3) is 5.56 Å². The van der Waals surface area contributed by atoms with Crippen LogP contribution in [0.3, 0.4) is 0 Å². The van der Waals surface area contributed by atoms with Gasteiger partial charge in [-0.25, -0.2) is 9.37 Å². The summed E-state index contributed by atoms with van der Waals surface area (Å²) in [5, 5.41) is 6.84. The molecular formula is C33H23FN4O3. The van der Waals surface area contributed by atoms with Gasteiger partial charge in [0.1, 0.15) is 17.1 Å². The van der Waals surface area contributed by atoms with Crippen LogP contribution in [0, 0.1) is 5.82 Å². The number of halogens is 1. The number of furan rings is 1. The zero-order chi connectivity index (χ0) is 27.9. The summed E-state index contributed by atoms with van der Waals surface area (Å²) in [6, 6.07) is 28.9. The monoisotopic (exact) mass is 542 g/mol. The summed E-state index contributed by atoms with van der Waals surface area (Å²) in [6.45, 7) is 0.554. The van der Waals surface area contributed by atoms with Gasteiger partial charge >= 0.3 is 0 Å². The van der Waals surface area contributed by atoms with Crippen molar-refractivity contribution in [3.63, 3.8) is 0 Å². The number of hydrogen-bond donors (Lipinski definition) is 0. The Morgan fingerprint density at radius 3 is 2.54 bits per heavy atom. The van der Waals surface area contributed by atoms with Gasteiger partial charge in [-0.2, -0.15) is 9.78 Å². The summed E-state index contributed by atoms with van der Waals surface area (Å²) in [6.07, 6.45) is 3.64. The van der Waals surface area contributed by atoms with Crippen LogP contribution in [0.2, 0.25) is 0 Å². The number of ether oxygens (including phenoxy) is 1. The number of rotatable bonds is 6. The molecule has 4 aromatic carbocycles. The van der Waals surface area contributed by atoms with Crippen LogP contribution >= 0.6 is 0 Å². The van der Waals surface area contributed by atoms with Crippen molar-refractivity contribution in [1.29, 1.82) is 0 Å². The zero-order valence-corrected chi connectivity index (χ0v) is 22.0. The average molecular weight is 543 g/mol. The minimum absolute atomic E-state index is 0.271. The lowest BCUT2D eigenvalue weighted by molar-refractivity contribution is 0.419. The van der Waals surface area contributed by atoms with Crippen molar-refractivity contribution in [1.82, 2.24) is 14.2 Å². The van der Waals surface area contributed by atoms with E-state index in [4.69, 9.17) is 14.1 Å². The van der Waals surface area contributed by atoms with Gasteiger partial charge in [0.05, 0.1) is 29.6 Å². The molecule has 0 amide bonds. The van der Waals surface area contributed by atoms with Gasteiger partial charge in [-0.05, 0) is 54.1 Å². The van der Waals surface area contributed by atoms with Gasteiger partial charge in [-0.1, -0.05) is 48.5 Å². The molecule has 7 nitrogen and oxygen atoms in total. The lowest BCUT2D eigenvalue weighted by atomic mass is 10.2. The maximum absolute atomic E-state index is 13.7. The molecule has 0 unspecified atom stereocenters. The Balaban J connectivity index is 1.38. The summed E-state index contributed by atoms with van der Waals surface area (Å²) in [5.74, 6) is 1.05. The first-order valence-corrected chi connectivity index (χ1v) is 13.0. The summed E-state index contributed by atoms with van der Waals surface area (Å²) < 4.78 is 28.4. The molecule has 3 heterocycles. The second-order valence-corrected chi connectivity index (χ2v) is 9.65. The van der Waals surface area contributed by atoms with Crippen molar-refractivity contribution in [2.75, 3.05) is 7.11 Å². The van der Waals surface area contributed by atoms with Crippen LogP contribution in [0.1, 0.15) is 11.1 Å². The predicted octanol–water partition coefficient (Wildman–Crippen LogP) is 6.84. The van der Waals surface area contributed by atoms with Gasteiger partial charge in [0, 0.05) is 29.2 Å². The Kier molecular flexibility index (Phi) is 5.93. The molecule has 0 aliphatic heterocycles. The highest BCUT2D eigenvalue weighted by Crippen LogP contribution is 2.33. The minimum Gasteiger partial charge on any atom is -0.496 e.